The van der Waals surface area contributed by atoms with E-state index < -0.39 is 23.0 Å². The predicted molar refractivity (Wildman–Crippen MR) is 102 cm³/mol. The van der Waals surface area contributed by atoms with Gasteiger partial charge in [-0.3, -0.25) is 9.59 Å². The third-order valence-electron chi connectivity index (χ3n) is 4.82. The van der Waals surface area contributed by atoms with Crippen LogP contribution in [0.4, 0.5) is 20.3 Å². The van der Waals surface area contributed by atoms with Gasteiger partial charge in [0.1, 0.15) is 11.2 Å². The summed E-state index contributed by atoms with van der Waals surface area (Å²) in [5.41, 5.74) is -1.25. The normalized spacial score (nSPS) is 14.7. The summed E-state index contributed by atoms with van der Waals surface area (Å²) in [5, 5.41) is 2.49. The SMILES string of the molecule is CC(C)(C(=O)Nc1ccc(F)c(F)c1)C(=O)N1CCN(c2ccccn2)CC1. The lowest BCUT2D eigenvalue weighted by Gasteiger charge is -2.38. The molecule has 0 spiro atoms. The van der Waals surface area contributed by atoms with Crippen LogP contribution in [-0.2, 0) is 9.59 Å². The largest absolute Gasteiger partial charge is 0.353 e. The van der Waals surface area contributed by atoms with Crippen LogP contribution in [0.2, 0.25) is 0 Å². The highest BCUT2D eigenvalue weighted by atomic mass is 19.2. The van der Waals surface area contributed by atoms with Crippen molar-refractivity contribution in [1.29, 1.82) is 0 Å². The maximum atomic E-state index is 13.3. The lowest BCUT2D eigenvalue weighted by Crippen LogP contribution is -2.54. The summed E-state index contributed by atoms with van der Waals surface area (Å²) >= 11 is 0. The second-order valence-electron chi connectivity index (χ2n) is 7.18. The van der Waals surface area contributed by atoms with E-state index >= 15 is 0 Å². The van der Waals surface area contributed by atoms with Gasteiger partial charge in [-0.25, -0.2) is 13.8 Å². The molecule has 0 aliphatic carbocycles. The number of amides is 2. The van der Waals surface area contributed by atoms with Crippen molar-refractivity contribution in [2.45, 2.75) is 13.8 Å². The van der Waals surface area contributed by atoms with Crippen molar-refractivity contribution >= 4 is 23.3 Å². The number of hydrogen-bond acceptors (Lipinski definition) is 4. The Morgan fingerprint density at radius 1 is 1.04 bits per heavy atom. The summed E-state index contributed by atoms with van der Waals surface area (Å²) in [5.74, 6) is -2.10. The van der Waals surface area contributed by atoms with E-state index in [2.05, 4.69) is 15.2 Å². The van der Waals surface area contributed by atoms with E-state index in [9.17, 15) is 18.4 Å². The van der Waals surface area contributed by atoms with Crippen LogP contribution in [-0.4, -0.2) is 47.9 Å². The Kier molecular flexibility index (Phi) is 5.58. The minimum Gasteiger partial charge on any atom is -0.353 e. The molecule has 0 saturated carbocycles. The van der Waals surface area contributed by atoms with Crippen LogP contribution in [0.3, 0.4) is 0 Å². The van der Waals surface area contributed by atoms with Gasteiger partial charge in [-0.05, 0) is 38.1 Å². The summed E-state index contributed by atoms with van der Waals surface area (Å²) in [6.07, 6.45) is 1.72. The summed E-state index contributed by atoms with van der Waals surface area (Å²) in [7, 11) is 0. The van der Waals surface area contributed by atoms with Gasteiger partial charge in [0, 0.05) is 44.1 Å². The average molecular weight is 388 g/mol. The van der Waals surface area contributed by atoms with E-state index in [-0.39, 0.29) is 11.6 Å². The molecule has 0 unspecified atom stereocenters. The van der Waals surface area contributed by atoms with Crippen LogP contribution in [0.1, 0.15) is 13.8 Å². The molecule has 1 N–H and O–H groups in total. The molecule has 1 aliphatic rings. The number of pyridine rings is 1. The smallest absolute Gasteiger partial charge is 0.239 e. The molecule has 2 heterocycles. The molecule has 2 aromatic rings. The van der Waals surface area contributed by atoms with Gasteiger partial charge in [-0.1, -0.05) is 6.07 Å². The number of anilines is 2. The molecule has 1 aliphatic heterocycles. The third kappa shape index (κ3) is 4.11. The molecule has 2 amide bonds. The van der Waals surface area contributed by atoms with Crippen molar-refractivity contribution in [2.75, 3.05) is 36.4 Å². The molecule has 1 aromatic heterocycles. The van der Waals surface area contributed by atoms with E-state index in [1.54, 1.807) is 11.1 Å². The number of rotatable bonds is 4. The number of nitrogens with zero attached hydrogens (tertiary/aromatic N) is 3. The van der Waals surface area contributed by atoms with Crippen molar-refractivity contribution < 1.29 is 18.4 Å². The molecule has 1 aromatic carbocycles. The average Bonchev–Trinajstić information content (AvgIpc) is 2.71. The standard InChI is InChI=1S/C20H22F2N4O2/c1-20(2,18(27)24-14-6-7-15(21)16(22)13-14)19(28)26-11-9-25(10-12-26)17-5-3-4-8-23-17/h3-8,13H,9-12H2,1-2H3,(H,24,27). The van der Waals surface area contributed by atoms with Crippen LogP contribution in [0.5, 0.6) is 0 Å². The first kappa shape index (κ1) is 19.7. The van der Waals surface area contributed by atoms with E-state index in [0.717, 1.165) is 18.0 Å². The Bertz CT molecular complexity index is 866. The minimum atomic E-state index is -1.35. The number of benzene rings is 1. The fraction of sp³-hybridized carbons (Fsp3) is 0.350. The van der Waals surface area contributed by atoms with Gasteiger partial charge in [0.15, 0.2) is 11.6 Å². The second kappa shape index (κ2) is 7.92. The highest BCUT2D eigenvalue weighted by molar-refractivity contribution is 6.09. The number of halogens is 2. The first-order valence-electron chi connectivity index (χ1n) is 9.01. The molecule has 148 valence electrons. The van der Waals surface area contributed by atoms with Crippen molar-refractivity contribution in [2.24, 2.45) is 5.41 Å². The maximum Gasteiger partial charge on any atom is 0.239 e. The number of carbonyl (C=O) groups is 2. The van der Waals surface area contributed by atoms with E-state index in [1.807, 2.05) is 18.2 Å². The molecule has 0 bridgehead atoms. The second-order valence-corrected chi connectivity index (χ2v) is 7.18. The molecular formula is C20H22F2N4O2. The molecule has 0 radical (unpaired) electrons. The zero-order chi connectivity index (χ0) is 20.3. The van der Waals surface area contributed by atoms with Gasteiger partial charge in [0.05, 0.1) is 0 Å². The maximum absolute atomic E-state index is 13.3. The quantitative estimate of drug-likeness (QED) is 0.818. The Hall–Kier alpha value is -3.03. The number of aromatic nitrogens is 1. The Morgan fingerprint density at radius 2 is 1.75 bits per heavy atom. The van der Waals surface area contributed by atoms with Gasteiger partial charge in [0.25, 0.3) is 0 Å². The van der Waals surface area contributed by atoms with Gasteiger partial charge in [0.2, 0.25) is 11.8 Å². The first-order valence-corrected chi connectivity index (χ1v) is 9.01. The van der Waals surface area contributed by atoms with Crippen LogP contribution < -0.4 is 10.2 Å². The van der Waals surface area contributed by atoms with Crippen molar-refractivity contribution in [3.63, 3.8) is 0 Å². The fourth-order valence-corrected chi connectivity index (χ4v) is 3.03. The molecule has 1 saturated heterocycles. The molecule has 6 nitrogen and oxygen atoms in total. The van der Waals surface area contributed by atoms with E-state index in [0.29, 0.717) is 26.2 Å². The highest BCUT2D eigenvalue weighted by Gasteiger charge is 2.40. The Morgan fingerprint density at radius 3 is 2.36 bits per heavy atom. The Labute approximate surface area is 162 Å². The van der Waals surface area contributed by atoms with Crippen molar-refractivity contribution in [3.05, 3.63) is 54.2 Å². The zero-order valence-corrected chi connectivity index (χ0v) is 15.8. The molecule has 1 fully saturated rings. The summed E-state index contributed by atoms with van der Waals surface area (Å²) < 4.78 is 26.4. The number of nitrogens with one attached hydrogen (secondary N) is 1. The zero-order valence-electron chi connectivity index (χ0n) is 15.8. The highest BCUT2D eigenvalue weighted by Crippen LogP contribution is 2.24. The molecule has 3 rings (SSSR count). The van der Waals surface area contributed by atoms with Gasteiger partial charge in [-0.2, -0.15) is 0 Å². The summed E-state index contributed by atoms with van der Waals surface area (Å²) in [6.45, 7) is 5.22. The first-order chi connectivity index (χ1) is 13.3. The van der Waals surface area contributed by atoms with Crippen LogP contribution >= 0.6 is 0 Å². The van der Waals surface area contributed by atoms with Crippen LogP contribution in [0.15, 0.2) is 42.6 Å². The predicted octanol–water partition coefficient (Wildman–Crippen LogP) is 2.67. The molecule has 28 heavy (non-hydrogen) atoms. The fourth-order valence-electron chi connectivity index (χ4n) is 3.03. The summed E-state index contributed by atoms with van der Waals surface area (Å²) in [6, 6.07) is 8.73. The van der Waals surface area contributed by atoms with Gasteiger partial charge in [-0.15, -0.1) is 0 Å². The molecular weight excluding hydrogens is 366 g/mol. The lowest BCUT2D eigenvalue weighted by molar-refractivity contribution is -0.146. The van der Waals surface area contributed by atoms with Crippen molar-refractivity contribution in [1.82, 2.24) is 9.88 Å². The molecule has 0 atom stereocenters. The van der Waals surface area contributed by atoms with Gasteiger partial charge >= 0.3 is 0 Å². The monoisotopic (exact) mass is 388 g/mol. The minimum absolute atomic E-state index is 0.102. The van der Waals surface area contributed by atoms with Gasteiger partial charge < -0.3 is 15.1 Å². The number of piperazine rings is 1. The van der Waals surface area contributed by atoms with E-state index in [1.165, 1.54) is 19.9 Å². The Balaban J connectivity index is 1.62. The lowest BCUT2D eigenvalue weighted by atomic mass is 9.89. The van der Waals surface area contributed by atoms with Crippen LogP contribution in [0.25, 0.3) is 0 Å². The third-order valence-corrected chi connectivity index (χ3v) is 4.82. The number of hydrogen-bond donors (Lipinski definition) is 1. The topological polar surface area (TPSA) is 65.5 Å². The molecule has 8 heteroatoms. The number of carbonyl (C=O) groups excluding carboxylic acids is 2. The summed E-state index contributed by atoms with van der Waals surface area (Å²) in [4.78, 5) is 33.6. The van der Waals surface area contributed by atoms with E-state index in [4.69, 9.17) is 0 Å². The van der Waals surface area contributed by atoms with Crippen molar-refractivity contribution in [3.8, 4) is 0 Å². The van der Waals surface area contributed by atoms with Crippen LogP contribution in [0, 0.1) is 17.0 Å².